The number of rotatable bonds is 3. The zero-order chi connectivity index (χ0) is 12.4. The van der Waals surface area contributed by atoms with Crippen LogP contribution in [0, 0.1) is 13.8 Å². The van der Waals surface area contributed by atoms with E-state index in [-0.39, 0.29) is 6.61 Å². The molecule has 1 aromatic heterocycles. The van der Waals surface area contributed by atoms with Crippen molar-refractivity contribution in [3.8, 4) is 0 Å². The van der Waals surface area contributed by atoms with E-state index in [1.54, 1.807) is 0 Å². The van der Waals surface area contributed by atoms with Gasteiger partial charge >= 0.3 is 0 Å². The molecule has 0 radical (unpaired) electrons. The highest BCUT2D eigenvalue weighted by Crippen LogP contribution is 2.30. The number of benzene rings is 1. The van der Waals surface area contributed by atoms with Gasteiger partial charge in [-0.25, -0.2) is 4.98 Å². The first kappa shape index (κ1) is 12.1. The van der Waals surface area contributed by atoms with Crippen LogP contribution in [0.1, 0.15) is 16.1 Å². The molecule has 0 amide bonds. The molecule has 0 spiro atoms. The van der Waals surface area contributed by atoms with Crippen molar-refractivity contribution in [2.75, 3.05) is 11.9 Å². The Hall–Kier alpha value is -1.39. The molecule has 0 saturated heterocycles. The van der Waals surface area contributed by atoms with E-state index in [9.17, 15) is 5.11 Å². The summed E-state index contributed by atoms with van der Waals surface area (Å²) in [5.74, 6) is 0. The Morgan fingerprint density at radius 1 is 1.24 bits per heavy atom. The SMILES string of the molecule is Cc1ccc(N(C)c2nc(C)c(CO)s2)cc1. The van der Waals surface area contributed by atoms with Crippen molar-refractivity contribution in [1.29, 1.82) is 0 Å². The first-order valence-electron chi connectivity index (χ1n) is 5.49. The Balaban J connectivity index is 2.29. The third-order valence-corrected chi connectivity index (χ3v) is 3.95. The molecule has 4 heteroatoms. The molecule has 1 N–H and O–H groups in total. The molecular formula is C13H16N2OS. The van der Waals surface area contributed by atoms with Gasteiger partial charge in [-0.3, -0.25) is 0 Å². The van der Waals surface area contributed by atoms with Crippen LogP contribution in [0.2, 0.25) is 0 Å². The molecule has 1 aromatic carbocycles. The minimum atomic E-state index is 0.0608. The minimum absolute atomic E-state index is 0.0608. The quantitative estimate of drug-likeness (QED) is 0.907. The largest absolute Gasteiger partial charge is 0.391 e. The third-order valence-electron chi connectivity index (χ3n) is 2.73. The van der Waals surface area contributed by atoms with Crippen molar-refractivity contribution in [3.05, 3.63) is 40.4 Å². The van der Waals surface area contributed by atoms with Crippen LogP contribution in [0.5, 0.6) is 0 Å². The standard InChI is InChI=1S/C13H16N2OS/c1-9-4-6-11(7-5-9)15(3)13-14-10(2)12(8-16)17-13/h4-7,16H,8H2,1-3H3. The van der Waals surface area contributed by atoms with Gasteiger partial charge in [0.05, 0.1) is 17.2 Å². The highest BCUT2D eigenvalue weighted by atomic mass is 32.1. The third kappa shape index (κ3) is 2.48. The molecule has 0 aliphatic carbocycles. The summed E-state index contributed by atoms with van der Waals surface area (Å²) in [4.78, 5) is 7.43. The highest BCUT2D eigenvalue weighted by molar-refractivity contribution is 7.15. The maximum Gasteiger partial charge on any atom is 0.190 e. The van der Waals surface area contributed by atoms with Gasteiger partial charge in [-0.1, -0.05) is 29.0 Å². The second kappa shape index (κ2) is 4.85. The minimum Gasteiger partial charge on any atom is -0.391 e. The molecule has 0 fully saturated rings. The molecular weight excluding hydrogens is 232 g/mol. The zero-order valence-electron chi connectivity index (χ0n) is 10.3. The predicted octanol–water partition coefficient (Wildman–Crippen LogP) is 3.02. The lowest BCUT2D eigenvalue weighted by Gasteiger charge is -2.15. The maximum absolute atomic E-state index is 9.17. The first-order chi connectivity index (χ1) is 8.11. The molecule has 2 rings (SSSR count). The van der Waals surface area contributed by atoms with Gasteiger partial charge in [-0.05, 0) is 26.0 Å². The number of hydrogen-bond acceptors (Lipinski definition) is 4. The Bertz CT molecular complexity index is 505. The molecule has 0 atom stereocenters. The number of thiazole rings is 1. The molecule has 0 unspecified atom stereocenters. The van der Waals surface area contributed by atoms with Gasteiger partial charge in [-0.15, -0.1) is 0 Å². The summed E-state index contributed by atoms with van der Waals surface area (Å²) in [6.07, 6.45) is 0. The van der Waals surface area contributed by atoms with Crippen molar-refractivity contribution in [2.45, 2.75) is 20.5 Å². The fourth-order valence-corrected chi connectivity index (χ4v) is 2.48. The van der Waals surface area contributed by atoms with E-state index >= 15 is 0 Å². The fourth-order valence-electron chi connectivity index (χ4n) is 1.58. The number of nitrogens with zero attached hydrogens (tertiary/aromatic N) is 2. The van der Waals surface area contributed by atoms with E-state index in [2.05, 4.69) is 36.2 Å². The number of hydrogen-bond donors (Lipinski definition) is 1. The topological polar surface area (TPSA) is 36.4 Å². The Kier molecular flexibility index (Phi) is 3.45. The van der Waals surface area contributed by atoms with Crippen LogP contribution in [0.15, 0.2) is 24.3 Å². The highest BCUT2D eigenvalue weighted by Gasteiger charge is 2.11. The lowest BCUT2D eigenvalue weighted by atomic mass is 10.2. The van der Waals surface area contributed by atoms with Gasteiger partial charge < -0.3 is 10.0 Å². The predicted molar refractivity (Wildman–Crippen MR) is 72.0 cm³/mol. The van der Waals surface area contributed by atoms with E-state index in [4.69, 9.17) is 0 Å². The number of aryl methyl sites for hydroxylation is 2. The lowest BCUT2D eigenvalue weighted by Crippen LogP contribution is -2.08. The Morgan fingerprint density at radius 2 is 1.88 bits per heavy atom. The van der Waals surface area contributed by atoms with Crippen molar-refractivity contribution in [3.63, 3.8) is 0 Å². The summed E-state index contributed by atoms with van der Waals surface area (Å²) in [5, 5.41) is 10.1. The lowest BCUT2D eigenvalue weighted by molar-refractivity contribution is 0.284. The average molecular weight is 248 g/mol. The van der Waals surface area contributed by atoms with Crippen molar-refractivity contribution < 1.29 is 5.11 Å². The zero-order valence-corrected chi connectivity index (χ0v) is 11.1. The normalized spacial score (nSPS) is 10.6. The molecule has 1 heterocycles. The monoisotopic (exact) mass is 248 g/mol. The number of aromatic nitrogens is 1. The van der Waals surface area contributed by atoms with Crippen LogP contribution >= 0.6 is 11.3 Å². The number of aliphatic hydroxyl groups excluding tert-OH is 1. The fraction of sp³-hybridized carbons (Fsp3) is 0.308. The van der Waals surface area contributed by atoms with Crippen molar-refractivity contribution in [1.82, 2.24) is 4.98 Å². The summed E-state index contributed by atoms with van der Waals surface area (Å²) in [5.41, 5.74) is 3.26. The van der Waals surface area contributed by atoms with Crippen molar-refractivity contribution in [2.24, 2.45) is 0 Å². The second-order valence-corrected chi connectivity index (χ2v) is 5.12. The van der Waals surface area contributed by atoms with Crippen LogP contribution in [-0.2, 0) is 6.61 Å². The van der Waals surface area contributed by atoms with E-state index < -0.39 is 0 Å². The van der Waals surface area contributed by atoms with Gasteiger partial charge in [0.1, 0.15) is 0 Å². The van der Waals surface area contributed by atoms with Gasteiger partial charge in [0.15, 0.2) is 5.13 Å². The summed E-state index contributed by atoms with van der Waals surface area (Å²) in [6, 6.07) is 8.31. The molecule has 17 heavy (non-hydrogen) atoms. The first-order valence-corrected chi connectivity index (χ1v) is 6.31. The van der Waals surface area contributed by atoms with Crippen LogP contribution < -0.4 is 4.90 Å². The Morgan fingerprint density at radius 3 is 2.41 bits per heavy atom. The average Bonchev–Trinajstić information content (AvgIpc) is 2.70. The van der Waals surface area contributed by atoms with E-state index in [0.29, 0.717) is 0 Å². The summed E-state index contributed by atoms with van der Waals surface area (Å²) in [7, 11) is 1.99. The van der Waals surface area contributed by atoms with E-state index in [1.165, 1.54) is 16.9 Å². The maximum atomic E-state index is 9.17. The number of aliphatic hydroxyl groups is 1. The summed E-state index contributed by atoms with van der Waals surface area (Å²) >= 11 is 1.53. The van der Waals surface area contributed by atoms with Gasteiger partial charge in [0, 0.05) is 12.7 Å². The smallest absolute Gasteiger partial charge is 0.190 e. The molecule has 0 bridgehead atoms. The molecule has 3 nitrogen and oxygen atoms in total. The van der Waals surface area contributed by atoms with Crippen LogP contribution in [0.25, 0.3) is 0 Å². The van der Waals surface area contributed by atoms with Crippen LogP contribution in [-0.4, -0.2) is 17.1 Å². The van der Waals surface area contributed by atoms with Crippen LogP contribution in [0.3, 0.4) is 0 Å². The van der Waals surface area contributed by atoms with Gasteiger partial charge in [0.25, 0.3) is 0 Å². The molecule has 0 aliphatic rings. The van der Waals surface area contributed by atoms with Gasteiger partial charge in [0.2, 0.25) is 0 Å². The Labute approximate surface area is 105 Å². The molecule has 2 aromatic rings. The summed E-state index contributed by atoms with van der Waals surface area (Å²) < 4.78 is 0. The summed E-state index contributed by atoms with van der Waals surface area (Å²) in [6.45, 7) is 4.06. The van der Waals surface area contributed by atoms with Crippen LogP contribution in [0.4, 0.5) is 10.8 Å². The second-order valence-electron chi connectivity index (χ2n) is 4.06. The van der Waals surface area contributed by atoms with E-state index in [1.807, 2.05) is 18.9 Å². The molecule has 0 saturated carbocycles. The van der Waals surface area contributed by atoms with Crippen molar-refractivity contribution >= 4 is 22.2 Å². The molecule has 0 aliphatic heterocycles. The van der Waals surface area contributed by atoms with E-state index in [0.717, 1.165) is 21.4 Å². The van der Waals surface area contributed by atoms with Gasteiger partial charge in [-0.2, -0.15) is 0 Å². The molecule has 90 valence electrons. The number of anilines is 2.